The number of hydrogen-bond acceptors (Lipinski definition) is 2. The van der Waals surface area contributed by atoms with Crippen molar-refractivity contribution in [2.45, 2.75) is 51.6 Å². The molecule has 1 fully saturated rings. The zero-order valence-corrected chi connectivity index (χ0v) is 13.7. The van der Waals surface area contributed by atoms with Crippen LogP contribution in [0, 0.1) is 5.92 Å². The maximum absolute atomic E-state index is 6.96. The van der Waals surface area contributed by atoms with Gasteiger partial charge in [-0.3, -0.25) is 4.90 Å². The summed E-state index contributed by atoms with van der Waals surface area (Å²) in [4.78, 5) is 2.58. The van der Waals surface area contributed by atoms with Crippen molar-refractivity contribution in [3.63, 3.8) is 0 Å². The van der Waals surface area contributed by atoms with Gasteiger partial charge in [0.05, 0.1) is 5.54 Å². The van der Waals surface area contributed by atoms with E-state index in [1.165, 1.54) is 31.5 Å². The summed E-state index contributed by atoms with van der Waals surface area (Å²) in [6, 6.07) is 8.50. The predicted octanol–water partition coefficient (Wildman–Crippen LogP) is 4.02. The first-order valence-corrected chi connectivity index (χ1v) is 8.17. The summed E-state index contributed by atoms with van der Waals surface area (Å²) in [5, 5.41) is 0.772. The van der Waals surface area contributed by atoms with Crippen molar-refractivity contribution in [2.75, 3.05) is 13.1 Å². The lowest BCUT2D eigenvalue weighted by Crippen LogP contribution is -2.58. The minimum absolute atomic E-state index is 0.316. The molecule has 0 aliphatic carbocycles. The van der Waals surface area contributed by atoms with E-state index in [1.54, 1.807) is 0 Å². The fourth-order valence-corrected chi connectivity index (χ4v) is 3.73. The van der Waals surface area contributed by atoms with Crippen LogP contribution in [0.3, 0.4) is 0 Å². The molecule has 1 aliphatic rings. The molecule has 1 saturated heterocycles. The molecule has 1 aliphatic heterocycles. The van der Waals surface area contributed by atoms with Crippen LogP contribution in [0.1, 0.15) is 45.6 Å². The number of likely N-dealkylation sites (tertiary alicyclic amines) is 1. The van der Waals surface area contributed by atoms with Crippen LogP contribution in [0.15, 0.2) is 24.3 Å². The molecule has 20 heavy (non-hydrogen) atoms. The van der Waals surface area contributed by atoms with Gasteiger partial charge in [0, 0.05) is 11.1 Å². The van der Waals surface area contributed by atoms with E-state index in [-0.39, 0.29) is 5.54 Å². The number of hydrogen-bond donors (Lipinski definition) is 1. The van der Waals surface area contributed by atoms with Gasteiger partial charge < -0.3 is 5.73 Å². The Balaban J connectivity index is 2.38. The van der Waals surface area contributed by atoms with E-state index in [0.717, 1.165) is 11.4 Å². The zero-order valence-electron chi connectivity index (χ0n) is 12.9. The Morgan fingerprint density at radius 2 is 1.75 bits per heavy atom. The molecule has 0 spiro atoms. The number of halogens is 1. The van der Waals surface area contributed by atoms with E-state index in [2.05, 4.69) is 37.8 Å². The van der Waals surface area contributed by atoms with Gasteiger partial charge in [-0.05, 0) is 56.0 Å². The Bertz CT molecular complexity index is 423. The standard InChI is InChI=1S/C17H27ClN2/c1-4-16(20-11-5-6-12-20)17(19,13(2)3)14-7-9-15(18)10-8-14/h7-10,13,16H,4-6,11-12,19H2,1-3H3. The topological polar surface area (TPSA) is 29.3 Å². The summed E-state index contributed by atoms with van der Waals surface area (Å²) >= 11 is 6.03. The molecular formula is C17H27ClN2. The lowest BCUT2D eigenvalue weighted by Gasteiger charge is -2.45. The van der Waals surface area contributed by atoms with Crippen molar-refractivity contribution >= 4 is 11.6 Å². The quantitative estimate of drug-likeness (QED) is 0.888. The fourth-order valence-electron chi connectivity index (χ4n) is 3.60. The van der Waals surface area contributed by atoms with E-state index in [0.29, 0.717) is 12.0 Å². The molecule has 1 aromatic carbocycles. The zero-order chi connectivity index (χ0) is 14.8. The average molecular weight is 295 g/mol. The summed E-state index contributed by atoms with van der Waals surface area (Å²) in [6.07, 6.45) is 3.67. The van der Waals surface area contributed by atoms with Crippen molar-refractivity contribution in [1.29, 1.82) is 0 Å². The van der Waals surface area contributed by atoms with Gasteiger partial charge in [0.15, 0.2) is 0 Å². The first-order chi connectivity index (χ1) is 9.50. The van der Waals surface area contributed by atoms with Crippen molar-refractivity contribution in [1.82, 2.24) is 4.90 Å². The van der Waals surface area contributed by atoms with E-state index >= 15 is 0 Å². The summed E-state index contributed by atoms with van der Waals surface area (Å²) < 4.78 is 0. The third kappa shape index (κ3) is 2.88. The van der Waals surface area contributed by atoms with Crippen LogP contribution in [-0.4, -0.2) is 24.0 Å². The average Bonchev–Trinajstić information content (AvgIpc) is 2.93. The van der Waals surface area contributed by atoms with Gasteiger partial charge in [0.1, 0.15) is 0 Å². The predicted molar refractivity (Wildman–Crippen MR) is 87.0 cm³/mol. The van der Waals surface area contributed by atoms with E-state index in [4.69, 9.17) is 17.3 Å². The third-order valence-electron chi connectivity index (χ3n) is 4.82. The SMILES string of the molecule is CCC(N1CCCC1)C(N)(c1ccc(Cl)cc1)C(C)C. The minimum atomic E-state index is -0.316. The molecule has 0 radical (unpaired) electrons. The van der Waals surface area contributed by atoms with Gasteiger partial charge >= 0.3 is 0 Å². The molecule has 2 atom stereocenters. The van der Waals surface area contributed by atoms with Crippen molar-refractivity contribution < 1.29 is 0 Å². The third-order valence-corrected chi connectivity index (χ3v) is 5.07. The van der Waals surface area contributed by atoms with Crippen LogP contribution < -0.4 is 5.73 Å². The summed E-state index contributed by atoms with van der Waals surface area (Å²) in [7, 11) is 0. The van der Waals surface area contributed by atoms with Crippen molar-refractivity contribution in [2.24, 2.45) is 11.7 Å². The first-order valence-electron chi connectivity index (χ1n) is 7.79. The van der Waals surface area contributed by atoms with E-state index in [9.17, 15) is 0 Å². The smallest absolute Gasteiger partial charge is 0.0590 e. The minimum Gasteiger partial charge on any atom is -0.320 e. The van der Waals surface area contributed by atoms with Gasteiger partial charge in [-0.2, -0.15) is 0 Å². The maximum Gasteiger partial charge on any atom is 0.0590 e. The maximum atomic E-state index is 6.96. The molecule has 0 amide bonds. The Hall–Kier alpha value is -0.570. The lowest BCUT2D eigenvalue weighted by atomic mass is 9.73. The molecular weight excluding hydrogens is 268 g/mol. The van der Waals surface area contributed by atoms with Gasteiger partial charge in [0.25, 0.3) is 0 Å². The summed E-state index contributed by atoms with van der Waals surface area (Å²) in [5.74, 6) is 0.384. The molecule has 2 N–H and O–H groups in total. The largest absolute Gasteiger partial charge is 0.320 e. The molecule has 1 heterocycles. The van der Waals surface area contributed by atoms with Gasteiger partial charge in [-0.25, -0.2) is 0 Å². The number of nitrogens with two attached hydrogens (primary N) is 1. The molecule has 0 aromatic heterocycles. The molecule has 112 valence electrons. The molecule has 3 heteroatoms. The van der Waals surface area contributed by atoms with Crippen LogP contribution in [0.2, 0.25) is 5.02 Å². The van der Waals surface area contributed by atoms with Crippen LogP contribution >= 0.6 is 11.6 Å². The van der Waals surface area contributed by atoms with E-state index < -0.39 is 0 Å². The van der Waals surface area contributed by atoms with E-state index in [1.807, 2.05) is 12.1 Å². The number of rotatable bonds is 5. The number of benzene rings is 1. The van der Waals surface area contributed by atoms with Crippen LogP contribution in [0.25, 0.3) is 0 Å². The number of nitrogens with zero attached hydrogens (tertiary/aromatic N) is 1. The highest BCUT2D eigenvalue weighted by Crippen LogP contribution is 2.36. The second kappa shape index (κ2) is 6.46. The van der Waals surface area contributed by atoms with Gasteiger partial charge in [-0.1, -0.05) is 44.5 Å². The molecule has 2 unspecified atom stereocenters. The van der Waals surface area contributed by atoms with Crippen LogP contribution in [-0.2, 0) is 5.54 Å². The Morgan fingerprint density at radius 1 is 1.20 bits per heavy atom. The summed E-state index contributed by atoms with van der Waals surface area (Å²) in [5.41, 5.74) is 7.85. The Kier molecular flexibility index (Phi) is 5.11. The molecule has 2 nitrogen and oxygen atoms in total. The van der Waals surface area contributed by atoms with Crippen molar-refractivity contribution in [3.05, 3.63) is 34.9 Å². The molecule has 0 saturated carbocycles. The monoisotopic (exact) mass is 294 g/mol. The molecule has 0 bridgehead atoms. The first kappa shape index (κ1) is 15.8. The van der Waals surface area contributed by atoms with Crippen LogP contribution in [0.5, 0.6) is 0 Å². The Labute approximate surface area is 128 Å². The highest BCUT2D eigenvalue weighted by molar-refractivity contribution is 6.30. The van der Waals surface area contributed by atoms with Gasteiger partial charge in [0.2, 0.25) is 0 Å². The van der Waals surface area contributed by atoms with Crippen molar-refractivity contribution in [3.8, 4) is 0 Å². The highest BCUT2D eigenvalue weighted by Gasteiger charge is 2.42. The molecule has 1 aromatic rings. The lowest BCUT2D eigenvalue weighted by molar-refractivity contribution is 0.104. The van der Waals surface area contributed by atoms with Crippen LogP contribution in [0.4, 0.5) is 0 Å². The molecule has 2 rings (SSSR count). The van der Waals surface area contributed by atoms with Gasteiger partial charge in [-0.15, -0.1) is 0 Å². The fraction of sp³-hybridized carbons (Fsp3) is 0.647. The second-order valence-corrected chi connectivity index (χ2v) is 6.70. The Morgan fingerprint density at radius 3 is 2.20 bits per heavy atom. The summed E-state index contributed by atoms with van der Waals surface area (Å²) in [6.45, 7) is 9.07. The second-order valence-electron chi connectivity index (χ2n) is 6.26. The highest BCUT2D eigenvalue weighted by atomic mass is 35.5. The normalized spacial score (nSPS) is 21.1.